The zero-order valence-electron chi connectivity index (χ0n) is 7.86. The molecule has 0 saturated carbocycles. The van der Waals surface area contributed by atoms with E-state index in [4.69, 9.17) is 16.7 Å². The number of rotatable bonds is 6. The van der Waals surface area contributed by atoms with E-state index < -0.39 is 24.0 Å². The second kappa shape index (κ2) is 6.62. The molecule has 0 aliphatic heterocycles. The maximum Gasteiger partial charge on any atom is 0.328 e. The number of alkyl halides is 1. The summed E-state index contributed by atoms with van der Waals surface area (Å²) in [4.78, 5) is 21.5. The fourth-order valence-corrected chi connectivity index (χ4v) is 1.07. The van der Waals surface area contributed by atoms with E-state index in [2.05, 4.69) is 5.32 Å². The van der Waals surface area contributed by atoms with Crippen LogP contribution in [0.25, 0.3) is 0 Å². The minimum atomic E-state index is -1.28. The summed E-state index contributed by atoms with van der Waals surface area (Å²) < 4.78 is 0. The summed E-state index contributed by atoms with van der Waals surface area (Å²) in [5, 5.41) is 20.2. The number of carbonyl (C=O) groups is 2. The number of carbonyl (C=O) groups excluding carboxylic acids is 1. The number of nitrogens with one attached hydrogen (secondary N) is 1. The van der Waals surface area contributed by atoms with Gasteiger partial charge in [-0.3, -0.25) is 4.79 Å². The number of carboxylic acids is 1. The van der Waals surface area contributed by atoms with Crippen molar-refractivity contribution in [1.29, 1.82) is 0 Å². The summed E-state index contributed by atoms with van der Waals surface area (Å²) in [5.74, 6) is -2.18. The molecule has 0 aromatic carbocycles. The van der Waals surface area contributed by atoms with Crippen molar-refractivity contribution < 1.29 is 19.8 Å². The molecule has 0 aliphatic rings. The van der Waals surface area contributed by atoms with E-state index in [1.54, 1.807) is 0 Å². The van der Waals surface area contributed by atoms with Crippen molar-refractivity contribution in [3.8, 4) is 0 Å². The predicted molar refractivity (Wildman–Crippen MR) is 51.2 cm³/mol. The van der Waals surface area contributed by atoms with Gasteiger partial charge < -0.3 is 15.5 Å². The van der Waals surface area contributed by atoms with Crippen LogP contribution in [0.4, 0.5) is 0 Å². The Hall–Kier alpha value is -0.810. The molecule has 0 spiro atoms. The smallest absolute Gasteiger partial charge is 0.328 e. The van der Waals surface area contributed by atoms with Crippen LogP contribution in [0, 0.1) is 0 Å². The molecule has 1 amide bonds. The third-order valence-electron chi connectivity index (χ3n) is 1.67. The topological polar surface area (TPSA) is 86.6 Å². The van der Waals surface area contributed by atoms with Gasteiger partial charge in [0.15, 0.2) is 6.04 Å². The molecular formula is C8H14ClNO4. The van der Waals surface area contributed by atoms with E-state index in [1.807, 2.05) is 6.92 Å². The van der Waals surface area contributed by atoms with Crippen LogP contribution < -0.4 is 5.32 Å². The molecule has 0 heterocycles. The van der Waals surface area contributed by atoms with Crippen molar-refractivity contribution in [1.82, 2.24) is 5.32 Å². The summed E-state index contributed by atoms with van der Waals surface area (Å²) in [7, 11) is 0. The molecule has 3 N–H and O–H groups in total. The fraction of sp³-hybridized carbons (Fsp3) is 0.750. The van der Waals surface area contributed by atoms with Crippen LogP contribution in [0.3, 0.4) is 0 Å². The van der Waals surface area contributed by atoms with Gasteiger partial charge in [0.05, 0.1) is 6.10 Å². The molecule has 0 aliphatic carbocycles. The van der Waals surface area contributed by atoms with Gasteiger partial charge >= 0.3 is 5.97 Å². The average Bonchev–Trinajstić information content (AvgIpc) is 2.13. The van der Waals surface area contributed by atoms with Crippen LogP contribution in [-0.2, 0) is 9.59 Å². The van der Waals surface area contributed by atoms with Gasteiger partial charge in [-0.25, -0.2) is 4.79 Å². The van der Waals surface area contributed by atoms with Crippen molar-refractivity contribution in [2.45, 2.75) is 31.9 Å². The quantitative estimate of drug-likeness (QED) is 0.552. The summed E-state index contributed by atoms with van der Waals surface area (Å²) in [6, 6.07) is -1.28. The Morgan fingerprint density at radius 1 is 1.50 bits per heavy atom. The van der Waals surface area contributed by atoms with Crippen LogP contribution in [0.5, 0.6) is 0 Å². The molecule has 14 heavy (non-hydrogen) atoms. The highest BCUT2D eigenvalue weighted by molar-refractivity contribution is 6.27. The highest BCUT2D eigenvalue weighted by Gasteiger charge is 2.26. The van der Waals surface area contributed by atoms with E-state index in [0.29, 0.717) is 12.8 Å². The second-order valence-corrected chi connectivity index (χ2v) is 3.14. The molecular weight excluding hydrogens is 210 g/mol. The Labute approximate surface area is 87.1 Å². The van der Waals surface area contributed by atoms with Crippen LogP contribution in [0.15, 0.2) is 0 Å². The summed E-state index contributed by atoms with van der Waals surface area (Å²) in [6.45, 7) is 1.81. The number of aliphatic carboxylic acids is 1. The first kappa shape index (κ1) is 13.2. The van der Waals surface area contributed by atoms with Gasteiger partial charge in [-0.1, -0.05) is 13.3 Å². The van der Waals surface area contributed by atoms with Gasteiger partial charge in [-0.2, -0.15) is 0 Å². The van der Waals surface area contributed by atoms with Crippen LogP contribution in [0.2, 0.25) is 0 Å². The van der Waals surface area contributed by atoms with Gasteiger partial charge in [0.2, 0.25) is 5.91 Å². The van der Waals surface area contributed by atoms with E-state index in [1.165, 1.54) is 0 Å². The molecule has 0 radical (unpaired) electrons. The molecule has 0 saturated heterocycles. The average molecular weight is 224 g/mol. The van der Waals surface area contributed by atoms with E-state index in [0.717, 1.165) is 0 Å². The number of aliphatic hydroxyl groups excluding tert-OH is 1. The number of carboxylic acid groups (broad SMARTS) is 1. The van der Waals surface area contributed by atoms with Gasteiger partial charge in [0, 0.05) is 0 Å². The number of aliphatic hydroxyl groups is 1. The normalized spacial score (nSPS) is 14.5. The van der Waals surface area contributed by atoms with Crippen LogP contribution in [-0.4, -0.2) is 40.1 Å². The fourth-order valence-electron chi connectivity index (χ4n) is 0.997. The van der Waals surface area contributed by atoms with Crippen LogP contribution in [0.1, 0.15) is 19.8 Å². The zero-order chi connectivity index (χ0) is 11.1. The molecule has 6 heteroatoms. The van der Waals surface area contributed by atoms with E-state index in [-0.39, 0.29) is 5.88 Å². The molecule has 82 valence electrons. The summed E-state index contributed by atoms with van der Waals surface area (Å²) in [5.41, 5.74) is 0. The van der Waals surface area contributed by atoms with Gasteiger partial charge in [-0.05, 0) is 6.42 Å². The van der Waals surface area contributed by atoms with Gasteiger partial charge in [0.25, 0.3) is 0 Å². The lowest BCUT2D eigenvalue weighted by Crippen LogP contribution is -2.49. The molecule has 5 nitrogen and oxygen atoms in total. The SMILES string of the molecule is CCC[C@@H](O)[C@H](NC(=O)CCl)C(=O)O. The van der Waals surface area contributed by atoms with E-state index in [9.17, 15) is 14.7 Å². The Morgan fingerprint density at radius 3 is 2.43 bits per heavy atom. The van der Waals surface area contributed by atoms with E-state index >= 15 is 0 Å². The molecule has 0 fully saturated rings. The van der Waals surface area contributed by atoms with Crippen LogP contribution >= 0.6 is 11.6 Å². The molecule has 0 aromatic rings. The number of hydrogen-bond donors (Lipinski definition) is 3. The largest absolute Gasteiger partial charge is 0.480 e. The van der Waals surface area contributed by atoms with Gasteiger partial charge in [0.1, 0.15) is 5.88 Å². The predicted octanol–water partition coefficient (Wildman–Crippen LogP) is -0.0444. The zero-order valence-corrected chi connectivity index (χ0v) is 8.62. The third kappa shape index (κ3) is 4.43. The first-order valence-electron chi connectivity index (χ1n) is 4.29. The Balaban J connectivity index is 4.28. The molecule has 0 bridgehead atoms. The summed E-state index contributed by atoms with van der Waals surface area (Å²) in [6.07, 6.45) is -0.119. The molecule has 0 aromatic heterocycles. The Bertz CT molecular complexity index is 210. The lowest BCUT2D eigenvalue weighted by Gasteiger charge is -2.19. The highest BCUT2D eigenvalue weighted by atomic mass is 35.5. The van der Waals surface area contributed by atoms with Crippen molar-refractivity contribution in [3.63, 3.8) is 0 Å². The highest BCUT2D eigenvalue weighted by Crippen LogP contribution is 2.02. The lowest BCUT2D eigenvalue weighted by atomic mass is 10.1. The lowest BCUT2D eigenvalue weighted by molar-refractivity contribution is -0.144. The maximum absolute atomic E-state index is 10.8. The molecule has 0 rings (SSSR count). The van der Waals surface area contributed by atoms with Crippen molar-refractivity contribution >= 4 is 23.5 Å². The minimum Gasteiger partial charge on any atom is -0.480 e. The molecule has 0 unspecified atom stereocenters. The van der Waals surface area contributed by atoms with Gasteiger partial charge in [-0.15, -0.1) is 11.6 Å². The first-order chi connectivity index (χ1) is 6.52. The Morgan fingerprint density at radius 2 is 2.07 bits per heavy atom. The summed E-state index contributed by atoms with van der Waals surface area (Å²) >= 11 is 5.20. The number of halogens is 1. The minimum absolute atomic E-state index is 0.317. The third-order valence-corrected chi connectivity index (χ3v) is 1.92. The van der Waals surface area contributed by atoms with Crippen molar-refractivity contribution in [2.24, 2.45) is 0 Å². The molecule has 2 atom stereocenters. The monoisotopic (exact) mass is 223 g/mol. The van der Waals surface area contributed by atoms with Crippen molar-refractivity contribution in [2.75, 3.05) is 5.88 Å². The van der Waals surface area contributed by atoms with Crippen molar-refractivity contribution in [3.05, 3.63) is 0 Å². The Kier molecular flexibility index (Phi) is 6.23. The second-order valence-electron chi connectivity index (χ2n) is 2.87. The number of amides is 1. The number of hydrogen-bond acceptors (Lipinski definition) is 3. The first-order valence-corrected chi connectivity index (χ1v) is 4.82. The standard InChI is InChI=1S/C8H14ClNO4/c1-2-3-5(11)7(8(13)14)10-6(12)4-9/h5,7,11H,2-4H2,1H3,(H,10,12)(H,13,14)/t5-,7+/m1/s1. The maximum atomic E-state index is 10.8.